The van der Waals surface area contributed by atoms with E-state index in [-0.39, 0.29) is 24.7 Å². The van der Waals surface area contributed by atoms with Gasteiger partial charge in [0.25, 0.3) is 0 Å². The van der Waals surface area contributed by atoms with Gasteiger partial charge in [0, 0.05) is 12.8 Å². The molecule has 2 amide bonds. The molecule has 146 valence electrons. The zero-order valence-electron chi connectivity index (χ0n) is 16.7. The van der Waals surface area contributed by atoms with Crippen LogP contribution in [0.15, 0.2) is 58.7 Å². The predicted octanol–water partition coefficient (Wildman–Crippen LogP) is 3.46. The van der Waals surface area contributed by atoms with E-state index >= 15 is 0 Å². The van der Waals surface area contributed by atoms with Gasteiger partial charge in [-0.05, 0) is 38.8 Å². The SMILES string of the molecule is C/C(=N\NC(=O)CCC(=O)N/N=C(\C)c1cccc(C)c1)c1cccc(C)c1. The average molecular weight is 378 g/mol. The van der Waals surface area contributed by atoms with Crippen LogP contribution in [0.25, 0.3) is 0 Å². The van der Waals surface area contributed by atoms with E-state index in [2.05, 4.69) is 21.1 Å². The predicted molar refractivity (Wildman–Crippen MR) is 112 cm³/mol. The van der Waals surface area contributed by atoms with Crippen LogP contribution >= 0.6 is 0 Å². The second kappa shape index (κ2) is 10.2. The Kier molecular flexibility index (Phi) is 7.63. The highest BCUT2D eigenvalue weighted by Gasteiger charge is 2.07. The van der Waals surface area contributed by atoms with Crippen molar-refractivity contribution in [2.45, 2.75) is 40.5 Å². The van der Waals surface area contributed by atoms with E-state index in [0.717, 1.165) is 22.3 Å². The minimum absolute atomic E-state index is 0.0371. The lowest BCUT2D eigenvalue weighted by atomic mass is 10.1. The maximum atomic E-state index is 11.9. The zero-order valence-corrected chi connectivity index (χ0v) is 16.7. The number of nitrogens with one attached hydrogen (secondary N) is 2. The van der Waals surface area contributed by atoms with Crippen molar-refractivity contribution in [2.75, 3.05) is 0 Å². The highest BCUT2D eigenvalue weighted by molar-refractivity contribution is 6.00. The first-order chi connectivity index (χ1) is 13.3. The molecule has 28 heavy (non-hydrogen) atoms. The maximum absolute atomic E-state index is 11.9. The van der Waals surface area contributed by atoms with Gasteiger partial charge >= 0.3 is 0 Å². The molecule has 0 fully saturated rings. The summed E-state index contributed by atoms with van der Waals surface area (Å²) in [4.78, 5) is 23.8. The number of benzene rings is 2. The minimum Gasteiger partial charge on any atom is -0.273 e. The quantitative estimate of drug-likeness (QED) is 0.571. The summed E-state index contributed by atoms with van der Waals surface area (Å²) in [5, 5.41) is 8.19. The molecule has 0 aliphatic heterocycles. The van der Waals surface area contributed by atoms with E-state index in [9.17, 15) is 9.59 Å². The van der Waals surface area contributed by atoms with Gasteiger partial charge in [0.1, 0.15) is 0 Å². The Balaban J connectivity index is 1.79. The third kappa shape index (κ3) is 6.79. The second-order valence-electron chi connectivity index (χ2n) is 6.70. The lowest BCUT2D eigenvalue weighted by molar-refractivity contribution is -0.126. The monoisotopic (exact) mass is 378 g/mol. The number of aryl methyl sites for hydroxylation is 2. The number of carbonyl (C=O) groups is 2. The molecule has 0 aliphatic carbocycles. The van der Waals surface area contributed by atoms with E-state index in [1.54, 1.807) is 0 Å². The van der Waals surface area contributed by atoms with Crippen molar-refractivity contribution in [1.29, 1.82) is 0 Å². The third-order valence-electron chi connectivity index (χ3n) is 4.15. The first-order valence-electron chi connectivity index (χ1n) is 9.15. The molecule has 0 heterocycles. The van der Waals surface area contributed by atoms with Gasteiger partial charge in [0.2, 0.25) is 11.8 Å². The van der Waals surface area contributed by atoms with E-state index < -0.39 is 0 Å². The molecule has 0 aromatic heterocycles. The second-order valence-corrected chi connectivity index (χ2v) is 6.70. The normalized spacial score (nSPS) is 11.9. The number of rotatable bonds is 7. The fourth-order valence-corrected chi connectivity index (χ4v) is 2.50. The molecule has 6 nitrogen and oxygen atoms in total. The van der Waals surface area contributed by atoms with E-state index in [1.165, 1.54) is 0 Å². The molecule has 0 aliphatic rings. The van der Waals surface area contributed by atoms with Crippen LogP contribution < -0.4 is 10.9 Å². The highest BCUT2D eigenvalue weighted by atomic mass is 16.2. The summed E-state index contributed by atoms with van der Waals surface area (Å²) >= 11 is 0. The van der Waals surface area contributed by atoms with Crippen LogP contribution in [0.4, 0.5) is 0 Å². The summed E-state index contributed by atoms with van der Waals surface area (Å²) in [6.45, 7) is 7.64. The van der Waals surface area contributed by atoms with Crippen molar-refractivity contribution in [3.05, 3.63) is 70.8 Å². The molecule has 2 aromatic rings. The molecule has 2 rings (SSSR count). The number of hydrazone groups is 2. The van der Waals surface area contributed by atoms with Gasteiger partial charge < -0.3 is 0 Å². The number of amides is 2. The maximum Gasteiger partial charge on any atom is 0.240 e. The van der Waals surface area contributed by atoms with E-state index in [1.807, 2.05) is 76.2 Å². The number of nitrogens with zero attached hydrogens (tertiary/aromatic N) is 2. The zero-order chi connectivity index (χ0) is 20.5. The van der Waals surface area contributed by atoms with Gasteiger partial charge in [0.15, 0.2) is 0 Å². The summed E-state index contributed by atoms with van der Waals surface area (Å²) < 4.78 is 0. The Labute approximate surface area is 165 Å². The van der Waals surface area contributed by atoms with Crippen LogP contribution in [-0.4, -0.2) is 23.2 Å². The molecule has 0 bridgehead atoms. The Bertz CT molecular complexity index is 841. The van der Waals surface area contributed by atoms with Crippen molar-refractivity contribution in [3.63, 3.8) is 0 Å². The summed E-state index contributed by atoms with van der Waals surface area (Å²) in [6.07, 6.45) is 0.0743. The number of hydrogen-bond acceptors (Lipinski definition) is 4. The molecule has 0 saturated carbocycles. The topological polar surface area (TPSA) is 82.9 Å². The van der Waals surface area contributed by atoms with Gasteiger partial charge in [-0.2, -0.15) is 10.2 Å². The van der Waals surface area contributed by atoms with Crippen molar-refractivity contribution in [3.8, 4) is 0 Å². The molecule has 0 unspecified atom stereocenters. The van der Waals surface area contributed by atoms with Crippen LogP contribution in [0, 0.1) is 13.8 Å². The van der Waals surface area contributed by atoms with Gasteiger partial charge in [-0.15, -0.1) is 0 Å². The molecular formula is C22H26N4O2. The van der Waals surface area contributed by atoms with E-state index in [4.69, 9.17) is 0 Å². The molecule has 0 radical (unpaired) electrons. The molecule has 0 spiro atoms. The highest BCUT2D eigenvalue weighted by Crippen LogP contribution is 2.06. The van der Waals surface area contributed by atoms with Crippen molar-refractivity contribution in [2.24, 2.45) is 10.2 Å². The fourth-order valence-electron chi connectivity index (χ4n) is 2.50. The summed E-state index contributed by atoms with van der Waals surface area (Å²) in [5.41, 5.74) is 10.5. The van der Waals surface area contributed by atoms with Crippen LogP contribution in [0.1, 0.15) is 48.9 Å². The van der Waals surface area contributed by atoms with Crippen LogP contribution in [0.3, 0.4) is 0 Å². The van der Waals surface area contributed by atoms with Gasteiger partial charge in [0.05, 0.1) is 11.4 Å². The molecule has 2 aromatic carbocycles. The molecule has 6 heteroatoms. The minimum atomic E-state index is -0.318. The lowest BCUT2D eigenvalue weighted by Gasteiger charge is -2.05. The Hall–Kier alpha value is -3.28. The Morgan fingerprint density at radius 1 is 0.750 bits per heavy atom. The first kappa shape index (κ1) is 21.0. The van der Waals surface area contributed by atoms with Gasteiger partial charge in [-0.3, -0.25) is 9.59 Å². The molecule has 0 saturated heterocycles. The largest absolute Gasteiger partial charge is 0.273 e. The van der Waals surface area contributed by atoms with Crippen LogP contribution in [-0.2, 0) is 9.59 Å². The molecule has 2 N–H and O–H groups in total. The molecule has 0 atom stereocenters. The van der Waals surface area contributed by atoms with Crippen molar-refractivity contribution >= 4 is 23.2 Å². The number of hydrogen-bond donors (Lipinski definition) is 2. The standard InChI is InChI=1S/C22H26N4O2/c1-15-7-5-9-19(13-15)17(3)23-25-21(27)11-12-22(28)26-24-18(4)20-10-6-8-16(2)14-20/h5-10,13-14H,11-12H2,1-4H3,(H,25,27)(H,26,28)/b23-17+,24-18+. The summed E-state index contributed by atoms with van der Waals surface area (Å²) in [5.74, 6) is -0.636. The van der Waals surface area contributed by atoms with Gasteiger partial charge in [-0.25, -0.2) is 10.9 Å². The lowest BCUT2D eigenvalue weighted by Crippen LogP contribution is -2.24. The number of carbonyl (C=O) groups excluding carboxylic acids is 2. The molecular weight excluding hydrogens is 352 g/mol. The smallest absolute Gasteiger partial charge is 0.240 e. The van der Waals surface area contributed by atoms with E-state index in [0.29, 0.717) is 11.4 Å². The van der Waals surface area contributed by atoms with Crippen molar-refractivity contribution < 1.29 is 9.59 Å². The Morgan fingerprint density at radius 2 is 1.14 bits per heavy atom. The average Bonchev–Trinajstić information content (AvgIpc) is 2.68. The first-order valence-corrected chi connectivity index (χ1v) is 9.15. The van der Waals surface area contributed by atoms with Crippen molar-refractivity contribution in [1.82, 2.24) is 10.9 Å². The Morgan fingerprint density at radius 3 is 1.50 bits per heavy atom. The summed E-state index contributed by atoms with van der Waals surface area (Å²) in [6, 6.07) is 15.7. The third-order valence-corrected chi connectivity index (χ3v) is 4.15. The van der Waals surface area contributed by atoms with Crippen LogP contribution in [0.5, 0.6) is 0 Å². The fraction of sp³-hybridized carbons (Fsp3) is 0.273. The van der Waals surface area contributed by atoms with Crippen LogP contribution in [0.2, 0.25) is 0 Å². The van der Waals surface area contributed by atoms with Gasteiger partial charge in [-0.1, -0.05) is 59.7 Å². The summed E-state index contributed by atoms with van der Waals surface area (Å²) in [7, 11) is 0.